The van der Waals surface area contributed by atoms with Gasteiger partial charge in [-0.05, 0) is 54.9 Å². The molecule has 0 bridgehead atoms. The Morgan fingerprint density at radius 1 is 0.812 bits per heavy atom. The summed E-state index contributed by atoms with van der Waals surface area (Å²) in [5, 5.41) is -0.443. The molecule has 6 nitrogen and oxygen atoms in total. The number of hydrogen-bond donors (Lipinski definition) is 2. The summed E-state index contributed by atoms with van der Waals surface area (Å²) in [5.41, 5.74) is 4.31. The molecule has 32 heavy (non-hydrogen) atoms. The maximum absolute atomic E-state index is 11.9. The summed E-state index contributed by atoms with van der Waals surface area (Å²) in [6, 6.07) is 16.3. The highest BCUT2D eigenvalue weighted by molar-refractivity contribution is 7.90. The van der Waals surface area contributed by atoms with E-state index in [9.17, 15) is 16.8 Å². The summed E-state index contributed by atoms with van der Waals surface area (Å²) in [6.07, 6.45) is 2.18. The van der Waals surface area contributed by atoms with E-state index in [1.807, 2.05) is 62.4 Å². The van der Waals surface area contributed by atoms with Gasteiger partial charge < -0.3 is 0 Å². The van der Waals surface area contributed by atoms with E-state index in [-0.39, 0.29) is 11.7 Å². The Balaban J connectivity index is 1.91. The summed E-state index contributed by atoms with van der Waals surface area (Å²) in [5.74, 6) is 0.252. The minimum absolute atomic E-state index is 0.0704. The van der Waals surface area contributed by atoms with Crippen LogP contribution in [-0.4, -0.2) is 40.9 Å². The van der Waals surface area contributed by atoms with Crippen molar-refractivity contribution < 1.29 is 16.8 Å². The Bertz CT molecular complexity index is 1050. The molecule has 0 aliphatic rings. The van der Waals surface area contributed by atoms with Crippen LogP contribution in [0.3, 0.4) is 0 Å². The molecular formula is C24H36N2O4S2. The first-order chi connectivity index (χ1) is 15.0. The summed E-state index contributed by atoms with van der Waals surface area (Å²) in [6.45, 7) is 8.08. The lowest BCUT2D eigenvalue weighted by molar-refractivity contribution is 0.566. The lowest BCUT2D eigenvalue weighted by Crippen LogP contribution is -2.33. The number of sulfonamides is 2. The average Bonchev–Trinajstić information content (AvgIpc) is 2.76. The lowest BCUT2D eigenvalue weighted by atomic mass is 9.97. The van der Waals surface area contributed by atoms with E-state index >= 15 is 0 Å². The van der Waals surface area contributed by atoms with Gasteiger partial charge >= 0.3 is 0 Å². The van der Waals surface area contributed by atoms with Crippen LogP contribution < -0.4 is 9.44 Å². The van der Waals surface area contributed by atoms with Gasteiger partial charge in [0.15, 0.2) is 0 Å². The molecule has 0 heterocycles. The zero-order valence-corrected chi connectivity index (χ0v) is 21.1. The van der Waals surface area contributed by atoms with Gasteiger partial charge in [0, 0.05) is 13.1 Å². The molecule has 2 rings (SSSR count). The maximum atomic E-state index is 11.9. The van der Waals surface area contributed by atoms with Crippen molar-refractivity contribution in [2.24, 2.45) is 0 Å². The second kappa shape index (κ2) is 11.9. The van der Waals surface area contributed by atoms with Gasteiger partial charge in [0.05, 0.1) is 11.0 Å². The van der Waals surface area contributed by atoms with Crippen molar-refractivity contribution >= 4 is 20.0 Å². The molecule has 178 valence electrons. The van der Waals surface area contributed by atoms with E-state index in [0.717, 1.165) is 28.7 Å². The van der Waals surface area contributed by atoms with E-state index in [1.54, 1.807) is 13.8 Å². The molecule has 0 saturated heterocycles. The molecular weight excluding hydrogens is 444 g/mol. The van der Waals surface area contributed by atoms with Crippen LogP contribution >= 0.6 is 0 Å². The van der Waals surface area contributed by atoms with Crippen molar-refractivity contribution in [1.82, 2.24) is 9.44 Å². The predicted octanol–water partition coefficient (Wildman–Crippen LogP) is 4.05. The number of hydrogen-bond acceptors (Lipinski definition) is 4. The van der Waals surface area contributed by atoms with Crippen LogP contribution in [0.25, 0.3) is 11.1 Å². The fraction of sp³-hybridized carbons (Fsp3) is 0.500. The van der Waals surface area contributed by atoms with Gasteiger partial charge in [0.25, 0.3) is 0 Å². The third-order valence-corrected chi connectivity index (χ3v) is 8.76. The third-order valence-electron chi connectivity index (χ3n) is 5.48. The molecule has 0 aliphatic heterocycles. The van der Waals surface area contributed by atoms with Crippen LogP contribution in [0.4, 0.5) is 0 Å². The molecule has 1 unspecified atom stereocenters. The minimum Gasteiger partial charge on any atom is -0.215 e. The molecule has 0 radical (unpaired) electrons. The Labute approximate surface area is 193 Å². The molecule has 1 atom stereocenters. The van der Waals surface area contributed by atoms with Gasteiger partial charge in [-0.3, -0.25) is 0 Å². The van der Waals surface area contributed by atoms with Gasteiger partial charge in [-0.2, -0.15) is 0 Å². The molecule has 0 saturated carbocycles. The first kappa shape index (κ1) is 26.5. The first-order valence-electron chi connectivity index (χ1n) is 11.2. The molecule has 0 aliphatic carbocycles. The van der Waals surface area contributed by atoms with Gasteiger partial charge in [-0.1, -0.05) is 68.8 Å². The van der Waals surface area contributed by atoms with Crippen LogP contribution in [0, 0.1) is 0 Å². The second-order valence-corrected chi connectivity index (χ2v) is 12.7. The minimum atomic E-state index is -3.26. The summed E-state index contributed by atoms with van der Waals surface area (Å²) < 4.78 is 53.0. The van der Waals surface area contributed by atoms with E-state index in [2.05, 4.69) is 9.44 Å². The van der Waals surface area contributed by atoms with Crippen molar-refractivity contribution in [3.8, 4) is 11.1 Å². The van der Waals surface area contributed by atoms with Crippen molar-refractivity contribution in [3.05, 3.63) is 59.7 Å². The lowest BCUT2D eigenvalue weighted by Gasteiger charge is -2.15. The zero-order chi connectivity index (χ0) is 23.8. The molecule has 0 aromatic heterocycles. The highest BCUT2D eigenvalue weighted by Crippen LogP contribution is 2.23. The standard InChI is InChI=1S/C24H36N2O4S2/c1-5-6-17-31(27,28)25-16-15-21-7-9-23(10-8-21)24-13-11-22(12-14-24)20(4)18-26-32(29,30)19(2)3/h7-14,19-20,25-26H,5-6,15-18H2,1-4H3. The highest BCUT2D eigenvalue weighted by Gasteiger charge is 2.17. The maximum Gasteiger partial charge on any atom is 0.213 e. The molecule has 2 aromatic carbocycles. The summed E-state index contributed by atoms with van der Waals surface area (Å²) in [7, 11) is -6.44. The van der Waals surface area contributed by atoms with E-state index < -0.39 is 25.3 Å². The second-order valence-electron chi connectivity index (χ2n) is 8.48. The Morgan fingerprint density at radius 3 is 1.91 bits per heavy atom. The van der Waals surface area contributed by atoms with Crippen LogP contribution in [0.15, 0.2) is 48.5 Å². The Morgan fingerprint density at radius 2 is 1.38 bits per heavy atom. The van der Waals surface area contributed by atoms with Crippen LogP contribution in [0.2, 0.25) is 0 Å². The SMILES string of the molecule is CCCCS(=O)(=O)NCCc1ccc(-c2ccc(C(C)CNS(=O)(=O)C(C)C)cc2)cc1. The number of benzene rings is 2. The average molecular weight is 481 g/mol. The van der Waals surface area contributed by atoms with E-state index in [0.29, 0.717) is 25.9 Å². The topological polar surface area (TPSA) is 92.3 Å². The largest absolute Gasteiger partial charge is 0.215 e. The molecule has 2 N–H and O–H groups in total. The summed E-state index contributed by atoms with van der Waals surface area (Å²) >= 11 is 0. The Hall–Kier alpha value is -1.74. The first-order valence-corrected chi connectivity index (χ1v) is 14.4. The molecule has 8 heteroatoms. The molecule has 0 fully saturated rings. The van der Waals surface area contributed by atoms with Crippen molar-refractivity contribution in [3.63, 3.8) is 0 Å². The zero-order valence-electron chi connectivity index (χ0n) is 19.5. The van der Waals surface area contributed by atoms with Gasteiger partial charge in [0.1, 0.15) is 0 Å². The molecule has 0 spiro atoms. The van der Waals surface area contributed by atoms with Crippen molar-refractivity contribution in [1.29, 1.82) is 0 Å². The smallest absolute Gasteiger partial charge is 0.213 e. The van der Waals surface area contributed by atoms with Crippen LogP contribution in [-0.2, 0) is 26.5 Å². The fourth-order valence-corrected chi connectivity index (χ4v) is 5.19. The number of nitrogens with one attached hydrogen (secondary N) is 2. The predicted molar refractivity (Wildman–Crippen MR) is 133 cm³/mol. The molecule has 2 aromatic rings. The third kappa shape index (κ3) is 8.31. The van der Waals surface area contributed by atoms with Gasteiger partial charge in [-0.15, -0.1) is 0 Å². The van der Waals surface area contributed by atoms with Gasteiger partial charge in [-0.25, -0.2) is 26.3 Å². The number of unbranched alkanes of at least 4 members (excludes halogenated alkanes) is 1. The monoisotopic (exact) mass is 480 g/mol. The highest BCUT2D eigenvalue weighted by atomic mass is 32.2. The van der Waals surface area contributed by atoms with Crippen molar-refractivity contribution in [2.75, 3.05) is 18.8 Å². The normalized spacial score (nSPS) is 13.4. The quantitative estimate of drug-likeness (QED) is 0.452. The summed E-state index contributed by atoms with van der Waals surface area (Å²) in [4.78, 5) is 0. The van der Waals surface area contributed by atoms with Crippen LogP contribution in [0.1, 0.15) is 57.6 Å². The Kier molecular flexibility index (Phi) is 9.88. The van der Waals surface area contributed by atoms with E-state index in [1.165, 1.54) is 0 Å². The van der Waals surface area contributed by atoms with Crippen molar-refractivity contribution in [2.45, 2.75) is 58.1 Å². The fourth-order valence-electron chi connectivity index (χ4n) is 3.15. The van der Waals surface area contributed by atoms with E-state index in [4.69, 9.17) is 0 Å². The van der Waals surface area contributed by atoms with Crippen LogP contribution in [0.5, 0.6) is 0 Å². The number of rotatable bonds is 13. The molecule has 0 amide bonds. The van der Waals surface area contributed by atoms with Gasteiger partial charge in [0.2, 0.25) is 20.0 Å².